The maximum Gasteiger partial charge on any atom is 0.416 e. The normalized spacial score (nSPS) is 17.8. The average Bonchev–Trinajstić information content (AvgIpc) is 3.95. The van der Waals surface area contributed by atoms with E-state index < -0.39 is 85.0 Å². The predicted octanol–water partition coefficient (Wildman–Crippen LogP) is 13.9. The summed E-state index contributed by atoms with van der Waals surface area (Å²) in [4.78, 5) is 0. The molecule has 3 unspecified atom stereocenters. The Labute approximate surface area is 360 Å². The summed E-state index contributed by atoms with van der Waals surface area (Å²) in [5.41, 5.74) is -6.92. The summed E-state index contributed by atoms with van der Waals surface area (Å²) < 4.78 is 170. The minimum Gasteiger partial charge on any atom is -0.166 e. The quantitative estimate of drug-likeness (QED) is 0.0826. The maximum absolute atomic E-state index is 14.2. The van der Waals surface area contributed by atoms with Crippen molar-refractivity contribution in [1.82, 2.24) is 0 Å². The Morgan fingerprint density at radius 3 is 1.18 bits per heavy atom. The van der Waals surface area contributed by atoms with Gasteiger partial charge in [-0.3, -0.25) is 0 Å². The van der Waals surface area contributed by atoms with Gasteiger partial charge in [0.25, 0.3) is 0 Å². The van der Waals surface area contributed by atoms with Crippen molar-refractivity contribution in [3.05, 3.63) is 149 Å². The van der Waals surface area contributed by atoms with Crippen molar-refractivity contribution in [3.8, 4) is 0 Å². The second-order valence-corrected chi connectivity index (χ2v) is 19.9. The molecule has 2 fully saturated rings. The third-order valence-electron chi connectivity index (χ3n) is 11.2. The SMILES string of the molecule is C1CCCC1.CC(C1CCCC1c1ccccc1P(c1ccccc1)c1ccccc1)P(c1cc(C(F)(F)F)cc(C(F)(F)F)c1)c1cc(C(F)(F)F)cc(C(F)(F)F)c1.[Fe]. The van der Waals surface area contributed by atoms with Crippen LogP contribution in [0.2, 0.25) is 0 Å². The molecule has 2 saturated carbocycles. The van der Waals surface area contributed by atoms with Crippen LogP contribution in [0.25, 0.3) is 0 Å². The molecule has 0 nitrogen and oxygen atoms in total. The molecule has 7 rings (SSSR count). The van der Waals surface area contributed by atoms with E-state index in [1.165, 1.54) is 39.0 Å². The largest absolute Gasteiger partial charge is 0.416 e. The van der Waals surface area contributed by atoms with Crippen LogP contribution in [0.3, 0.4) is 0 Å². The van der Waals surface area contributed by atoms with E-state index in [2.05, 4.69) is 0 Å². The van der Waals surface area contributed by atoms with E-state index in [4.69, 9.17) is 0 Å². The Balaban J connectivity index is 0.00000109. The van der Waals surface area contributed by atoms with Crippen LogP contribution in [0.4, 0.5) is 52.7 Å². The Morgan fingerprint density at radius 2 is 0.803 bits per heavy atom. The molecule has 0 radical (unpaired) electrons. The van der Waals surface area contributed by atoms with Crippen LogP contribution < -0.4 is 26.5 Å². The summed E-state index contributed by atoms with van der Waals surface area (Å²) in [7, 11) is -3.89. The van der Waals surface area contributed by atoms with Gasteiger partial charge in [0.05, 0.1) is 22.3 Å². The summed E-state index contributed by atoms with van der Waals surface area (Å²) in [5.74, 6) is -0.905. The van der Waals surface area contributed by atoms with Gasteiger partial charge in [0, 0.05) is 17.1 Å². The van der Waals surface area contributed by atoms with E-state index in [1.54, 1.807) is 0 Å². The van der Waals surface area contributed by atoms with Crippen molar-refractivity contribution in [2.45, 2.75) is 94.6 Å². The molecule has 0 spiro atoms. The predicted molar refractivity (Wildman–Crippen MR) is 217 cm³/mol. The van der Waals surface area contributed by atoms with Gasteiger partial charge in [-0.15, -0.1) is 0 Å². The van der Waals surface area contributed by atoms with Crippen molar-refractivity contribution in [2.75, 3.05) is 0 Å². The Morgan fingerprint density at radius 1 is 0.443 bits per heavy atom. The van der Waals surface area contributed by atoms with Crippen LogP contribution in [-0.4, -0.2) is 5.66 Å². The third kappa shape index (κ3) is 12.0. The number of hydrogen-bond donors (Lipinski definition) is 0. The summed E-state index contributed by atoms with van der Waals surface area (Å²) in [5, 5.41) is 1.72. The molecular formula is C46H42F12FeP2. The molecule has 15 heteroatoms. The number of halogens is 12. The summed E-state index contributed by atoms with van der Waals surface area (Å²) in [6, 6.07) is 28.4. The molecule has 5 aromatic rings. The molecule has 0 N–H and O–H groups in total. The van der Waals surface area contributed by atoms with Crippen molar-refractivity contribution in [1.29, 1.82) is 0 Å². The Hall–Kier alpha value is -3.36. The molecule has 61 heavy (non-hydrogen) atoms. The number of alkyl halides is 12. The first-order valence-electron chi connectivity index (χ1n) is 19.6. The van der Waals surface area contributed by atoms with Crippen molar-refractivity contribution in [3.63, 3.8) is 0 Å². The second kappa shape index (κ2) is 20.0. The summed E-state index contributed by atoms with van der Waals surface area (Å²) in [6.45, 7) is 1.52. The van der Waals surface area contributed by atoms with E-state index in [0.29, 0.717) is 43.5 Å². The third-order valence-corrected chi connectivity index (χ3v) is 16.5. The van der Waals surface area contributed by atoms with Gasteiger partial charge in [0.15, 0.2) is 0 Å². The zero-order valence-electron chi connectivity index (χ0n) is 32.7. The van der Waals surface area contributed by atoms with Crippen LogP contribution >= 0.6 is 15.8 Å². The average molecular weight is 941 g/mol. The van der Waals surface area contributed by atoms with Crippen molar-refractivity contribution in [2.24, 2.45) is 5.92 Å². The fourth-order valence-electron chi connectivity index (χ4n) is 8.39. The van der Waals surface area contributed by atoms with Crippen LogP contribution in [0, 0.1) is 5.92 Å². The van der Waals surface area contributed by atoms with Gasteiger partial charge >= 0.3 is 24.7 Å². The van der Waals surface area contributed by atoms with E-state index in [9.17, 15) is 52.7 Å². The Kier molecular flexibility index (Phi) is 16.0. The smallest absolute Gasteiger partial charge is 0.166 e. The molecule has 0 amide bonds. The number of hydrogen-bond acceptors (Lipinski definition) is 0. The number of rotatable bonds is 8. The molecule has 0 aliphatic heterocycles. The van der Waals surface area contributed by atoms with Crippen LogP contribution in [0.5, 0.6) is 0 Å². The fraction of sp³-hybridized carbons (Fsp3) is 0.348. The molecule has 0 saturated heterocycles. The zero-order valence-corrected chi connectivity index (χ0v) is 35.6. The minimum absolute atomic E-state index is 0. The molecule has 0 aromatic heterocycles. The standard InChI is InChI=1S/C41H32F12P2.C5H10.Fe/c1-25(34-16-10-17-35(34)36-15-8-9-18-37(36)55(30-11-4-2-5-12-30)31-13-6-3-7-14-31)54(32-21-26(38(42,43)44)19-27(22-32)39(45,46)47)33-23-28(40(48,49)50)20-29(24-33)41(51,52)53;1-2-4-5-3-1;/h2-9,11-15,18-25,34-35H,10,16-17H2,1H3;1-5H2;. The van der Waals surface area contributed by atoms with Crippen LogP contribution in [-0.2, 0) is 41.8 Å². The van der Waals surface area contributed by atoms with Crippen LogP contribution in [0.1, 0.15) is 92.0 Å². The van der Waals surface area contributed by atoms with E-state index >= 15 is 0 Å². The van der Waals surface area contributed by atoms with Gasteiger partial charge in [0.2, 0.25) is 0 Å². The first-order chi connectivity index (χ1) is 28.2. The molecule has 3 atom stereocenters. The van der Waals surface area contributed by atoms with Gasteiger partial charge in [-0.1, -0.05) is 130 Å². The monoisotopic (exact) mass is 940 g/mol. The molecule has 328 valence electrons. The maximum atomic E-state index is 14.2. The summed E-state index contributed by atoms with van der Waals surface area (Å²) in [6.07, 6.45) is -12.2. The van der Waals surface area contributed by atoms with Gasteiger partial charge in [-0.2, -0.15) is 52.7 Å². The molecular weight excluding hydrogens is 898 g/mol. The zero-order chi connectivity index (χ0) is 43.5. The fourth-order valence-corrected chi connectivity index (χ4v) is 14.0. The molecule has 5 aromatic carbocycles. The van der Waals surface area contributed by atoms with Gasteiger partial charge in [-0.25, -0.2) is 0 Å². The molecule has 2 aliphatic rings. The van der Waals surface area contributed by atoms with Gasteiger partial charge in [-0.05, 0) is 115 Å². The minimum atomic E-state index is -5.30. The van der Waals surface area contributed by atoms with E-state index in [-0.39, 0.29) is 35.1 Å². The Bertz CT molecular complexity index is 1990. The number of benzene rings is 5. The first-order valence-corrected chi connectivity index (χ1v) is 22.4. The van der Waals surface area contributed by atoms with Gasteiger partial charge < -0.3 is 0 Å². The second-order valence-electron chi connectivity index (χ2n) is 15.2. The summed E-state index contributed by atoms with van der Waals surface area (Å²) >= 11 is 0. The van der Waals surface area contributed by atoms with Crippen LogP contribution in [0.15, 0.2) is 121 Å². The molecule has 0 heterocycles. The molecule has 0 bridgehead atoms. The first kappa shape index (κ1) is 48.7. The van der Waals surface area contributed by atoms with E-state index in [1.807, 2.05) is 84.9 Å². The van der Waals surface area contributed by atoms with E-state index in [0.717, 1.165) is 21.5 Å². The van der Waals surface area contributed by atoms with Crippen molar-refractivity contribution < 1.29 is 69.8 Å². The van der Waals surface area contributed by atoms with Crippen molar-refractivity contribution >= 4 is 42.4 Å². The topological polar surface area (TPSA) is 0 Å². The van der Waals surface area contributed by atoms with Gasteiger partial charge in [0.1, 0.15) is 0 Å². The molecule has 2 aliphatic carbocycles.